The molecule has 2 aromatic carbocycles. The van der Waals surface area contributed by atoms with E-state index in [0.29, 0.717) is 17.8 Å². The molecule has 0 saturated heterocycles. The highest BCUT2D eigenvalue weighted by Crippen LogP contribution is 2.19. The van der Waals surface area contributed by atoms with E-state index < -0.39 is 0 Å². The Kier molecular flexibility index (Phi) is 4.79. The van der Waals surface area contributed by atoms with Gasteiger partial charge >= 0.3 is 0 Å². The summed E-state index contributed by atoms with van der Waals surface area (Å²) in [5.41, 5.74) is 10.1. The first kappa shape index (κ1) is 14.4. The van der Waals surface area contributed by atoms with Crippen LogP contribution >= 0.6 is 0 Å². The first-order valence-corrected chi connectivity index (χ1v) is 6.30. The van der Waals surface area contributed by atoms with Gasteiger partial charge in [-0.15, -0.1) is 0 Å². The predicted octanol–water partition coefficient (Wildman–Crippen LogP) is 3.57. The average Bonchev–Trinajstić information content (AvgIpc) is 2.54. The summed E-state index contributed by atoms with van der Waals surface area (Å²) in [4.78, 5) is 14.8. The van der Waals surface area contributed by atoms with E-state index >= 15 is 0 Å². The number of nitrogens with one attached hydrogen (secondary N) is 1. The fraction of sp³-hybridized carbons (Fsp3) is 0.133. The Labute approximate surface area is 122 Å². The van der Waals surface area contributed by atoms with Crippen molar-refractivity contribution in [2.75, 3.05) is 7.11 Å². The zero-order valence-electron chi connectivity index (χ0n) is 11.5. The van der Waals surface area contributed by atoms with E-state index in [2.05, 4.69) is 15.3 Å². The molecule has 6 heteroatoms. The zero-order valence-corrected chi connectivity index (χ0v) is 11.5. The summed E-state index contributed by atoms with van der Waals surface area (Å²) in [7, 11) is 1.60. The van der Waals surface area contributed by atoms with Crippen molar-refractivity contribution in [3.63, 3.8) is 0 Å². The van der Waals surface area contributed by atoms with E-state index in [4.69, 9.17) is 10.3 Å². The summed E-state index contributed by atoms with van der Waals surface area (Å²) in [5, 5.41) is 6.30. The summed E-state index contributed by atoms with van der Waals surface area (Å²) < 4.78 is 5.07. The van der Waals surface area contributed by atoms with Crippen LogP contribution in [0, 0.1) is 0 Å². The summed E-state index contributed by atoms with van der Waals surface area (Å²) >= 11 is 0. The smallest absolute Gasteiger partial charge is 0.252 e. The van der Waals surface area contributed by atoms with Gasteiger partial charge in [-0.2, -0.15) is 0 Å². The standard InChI is InChI=1S/C15H14N4O2/c1-21-12-8-6-11(7-9-12)10-17-15(20)13-4-2-3-5-14(13)18-19-16/h2-9H,10H2,1H3,(H,17,20). The molecule has 0 heterocycles. The van der Waals surface area contributed by atoms with Crippen LogP contribution in [-0.2, 0) is 6.54 Å². The van der Waals surface area contributed by atoms with Crippen molar-refractivity contribution >= 4 is 11.6 Å². The summed E-state index contributed by atoms with van der Waals surface area (Å²) in [6.07, 6.45) is 0. The Morgan fingerprint density at radius 1 is 1.24 bits per heavy atom. The molecule has 2 aromatic rings. The molecule has 0 saturated carbocycles. The van der Waals surface area contributed by atoms with Crippen molar-refractivity contribution < 1.29 is 9.53 Å². The van der Waals surface area contributed by atoms with Gasteiger partial charge < -0.3 is 10.1 Å². The molecule has 0 aliphatic carbocycles. The fourth-order valence-corrected chi connectivity index (χ4v) is 1.82. The third-order valence-electron chi connectivity index (χ3n) is 2.91. The SMILES string of the molecule is COc1ccc(CNC(=O)c2ccccc2N=[N+]=[N-])cc1. The minimum absolute atomic E-state index is 0.284. The number of hydrogen-bond acceptors (Lipinski definition) is 3. The van der Waals surface area contributed by atoms with Crippen molar-refractivity contribution in [3.05, 3.63) is 70.1 Å². The van der Waals surface area contributed by atoms with Crippen LogP contribution in [0.5, 0.6) is 5.75 Å². The molecule has 6 nitrogen and oxygen atoms in total. The maximum atomic E-state index is 12.1. The van der Waals surface area contributed by atoms with Crippen molar-refractivity contribution in [2.45, 2.75) is 6.54 Å². The fourth-order valence-electron chi connectivity index (χ4n) is 1.82. The highest BCUT2D eigenvalue weighted by molar-refractivity contribution is 5.98. The molecule has 0 aromatic heterocycles. The maximum Gasteiger partial charge on any atom is 0.252 e. The number of rotatable bonds is 5. The van der Waals surface area contributed by atoms with Crippen molar-refractivity contribution in [2.24, 2.45) is 5.11 Å². The Hall–Kier alpha value is -2.98. The van der Waals surface area contributed by atoms with Crippen LogP contribution in [-0.4, -0.2) is 13.0 Å². The zero-order chi connectivity index (χ0) is 15.1. The van der Waals surface area contributed by atoms with Crippen LogP contribution in [0.3, 0.4) is 0 Å². The van der Waals surface area contributed by atoms with Gasteiger partial charge in [-0.3, -0.25) is 4.79 Å². The van der Waals surface area contributed by atoms with E-state index in [9.17, 15) is 4.79 Å². The predicted molar refractivity (Wildman–Crippen MR) is 79.4 cm³/mol. The highest BCUT2D eigenvalue weighted by atomic mass is 16.5. The molecule has 0 atom stereocenters. The molecule has 0 aliphatic heterocycles. The molecule has 0 radical (unpaired) electrons. The molecule has 2 rings (SSSR count). The second-order valence-electron chi connectivity index (χ2n) is 4.24. The van der Waals surface area contributed by atoms with Gasteiger partial charge in [0.05, 0.1) is 12.8 Å². The van der Waals surface area contributed by atoms with Crippen LogP contribution in [0.2, 0.25) is 0 Å². The summed E-state index contributed by atoms with van der Waals surface area (Å²) in [5.74, 6) is 0.479. The first-order valence-electron chi connectivity index (χ1n) is 6.30. The van der Waals surface area contributed by atoms with Gasteiger partial charge in [-0.05, 0) is 29.3 Å². The third-order valence-corrected chi connectivity index (χ3v) is 2.91. The second-order valence-corrected chi connectivity index (χ2v) is 4.24. The number of ether oxygens (including phenoxy) is 1. The maximum absolute atomic E-state index is 12.1. The molecule has 106 valence electrons. The summed E-state index contributed by atoms with van der Waals surface area (Å²) in [6.45, 7) is 0.382. The minimum Gasteiger partial charge on any atom is -0.497 e. The van der Waals surface area contributed by atoms with Gasteiger partial charge in [-0.1, -0.05) is 35.4 Å². The molecular formula is C15H14N4O2. The van der Waals surface area contributed by atoms with Crippen LogP contribution in [0.1, 0.15) is 15.9 Å². The number of benzene rings is 2. The molecule has 0 unspecified atom stereocenters. The molecular weight excluding hydrogens is 268 g/mol. The lowest BCUT2D eigenvalue weighted by Gasteiger charge is -2.08. The molecule has 0 fully saturated rings. The van der Waals surface area contributed by atoms with Gasteiger partial charge in [0.2, 0.25) is 0 Å². The van der Waals surface area contributed by atoms with Crippen LogP contribution < -0.4 is 10.1 Å². The second kappa shape index (κ2) is 6.98. The lowest BCUT2D eigenvalue weighted by atomic mass is 10.1. The van der Waals surface area contributed by atoms with Crippen LogP contribution in [0.4, 0.5) is 5.69 Å². The first-order chi connectivity index (χ1) is 10.2. The number of carbonyl (C=O) groups is 1. The molecule has 21 heavy (non-hydrogen) atoms. The van der Waals surface area contributed by atoms with Gasteiger partial charge in [0.1, 0.15) is 5.75 Å². The molecule has 1 N–H and O–H groups in total. The Balaban J connectivity index is 2.06. The molecule has 0 spiro atoms. The quantitative estimate of drug-likeness (QED) is 0.516. The van der Waals surface area contributed by atoms with Gasteiger partial charge in [-0.25, -0.2) is 0 Å². The Morgan fingerprint density at radius 2 is 1.95 bits per heavy atom. The topological polar surface area (TPSA) is 87.1 Å². The number of amides is 1. The lowest BCUT2D eigenvalue weighted by Crippen LogP contribution is -2.22. The number of hydrogen-bond donors (Lipinski definition) is 1. The monoisotopic (exact) mass is 282 g/mol. The van der Waals surface area contributed by atoms with Gasteiger partial charge in [0.25, 0.3) is 5.91 Å². The number of azide groups is 1. The lowest BCUT2D eigenvalue weighted by molar-refractivity contribution is 0.0951. The highest BCUT2D eigenvalue weighted by Gasteiger charge is 2.09. The number of nitrogens with zero attached hydrogens (tertiary/aromatic N) is 3. The average molecular weight is 282 g/mol. The van der Waals surface area contributed by atoms with Crippen molar-refractivity contribution in [1.29, 1.82) is 0 Å². The van der Waals surface area contributed by atoms with Crippen molar-refractivity contribution in [3.8, 4) is 5.75 Å². The number of carbonyl (C=O) groups excluding carboxylic acids is 1. The Bertz CT molecular complexity index is 676. The van der Waals surface area contributed by atoms with E-state index in [1.165, 1.54) is 0 Å². The minimum atomic E-state index is -0.284. The van der Waals surface area contributed by atoms with E-state index in [1.807, 2.05) is 24.3 Å². The normalized spacial score (nSPS) is 9.57. The Morgan fingerprint density at radius 3 is 2.62 bits per heavy atom. The van der Waals surface area contributed by atoms with E-state index in [1.54, 1.807) is 31.4 Å². The molecule has 1 amide bonds. The van der Waals surface area contributed by atoms with E-state index in [-0.39, 0.29) is 5.91 Å². The van der Waals surface area contributed by atoms with Gasteiger partial charge in [0, 0.05) is 17.0 Å². The molecule has 0 aliphatic rings. The van der Waals surface area contributed by atoms with Crippen LogP contribution in [0.15, 0.2) is 53.6 Å². The van der Waals surface area contributed by atoms with E-state index in [0.717, 1.165) is 11.3 Å². The largest absolute Gasteiger partial charge is 0.497 e. The van der Waals surface area contributed by atoms with Gasteiger partial charge in [0.15, 0.2) is 0 Å². The molecule has 0 bridgehead atoms. The summed E-state index contributed by atoms with van der Waals surface area (Å²) in [6, 6.07) is 14.1. The van der Waals surface area contributed by atoms with Crippen LogP contribution in [0.25, 0.3) is 10.4 Å². The number of methoxy groups -OCH3 is 1. The third kappa shape index (κ3) is 3.75. The van der Waals surface area contributed by atoms with Crippen molar-refractivity contribution in [1.82, 2.24) is 5.32 Å².